The van der Waals surface area contributed by atoms with E-state index in [4.69, 9.17) is 38.0 Å². The van der Waals surface area contributed by atoms with E-state index in [9.17, 15) is 9.59 Å². The maximum atomic E-state index is 15.5. The quantitative estimate of drug-likeness (QED) is 0.118. The first kappa shape index (κ1) is 33.5. The highest BCUT2D eigenvalue weighted by Crippen LogP contribution is 2.41. The third kappa shape index (κ3) is 7.36. The lowest BCUT2D eigenvalue weighted by molar-refractivity contribution is -0.145. The van der Waals surface area contributed by atoms with Crippen LogP contribution >= 0.6 is 23.2 Å². The van der Waals surface area contributed by atoms with Crippen LogP contribution in [-0.4, -0.2) is 57.7 Å². The van der Waals surface area contributed by atoms with Crippen molar-refractivity contribution in [2.24, 2.45) is 5.92 Å². The molecule has 1 aliphatic heterocycles. The molecule has 1 aromatic carbocycles. The van der Waals surface area contributed by atoms with Crippen molar-refractivity contribution in [3.05, 3.63) is 81.8 Å². The van der Waals surface area contributed by atoms with Gasteiger partial charge in [0, 0.05) is 72.8 Å². The molecule has 5 N–H and O–H groups in total. The lowest BCUT2D eigenvalue weighted by Gasteiger charge is -2.33. The van der Waals surface area contributed by atoms with Gasteiger partial charge in [0.05, 0.1) is 40.1 Å². The Morgan fingerprint density at radius 1 is 1.04 bits per heavy atom. The van der Waals surface area contributed by atoms with Crippen LogP contribution < -0.4 is 26.0 Å². The number of carboxylic acids is 1. The molecule has 2 fully saturated rings. The van der Waals surface area contributed by atoms with Gasteiger partial charge in [0.25, 0.3) is 0 Å². The number of carbonyl (C=O) groups excluding carboxylic acids is 1. The molecule has 1 saturated carbocycles. The maximum absolute atomic E-state index is 15.5. The van der Waals surface area contributed by atoms with Crippen molar-refractivity contribution in [2.45, 2.75) is 50.9 Å². The number of methoxy groups -OCH3 is 1. The Kier molecular flexibility index (Phi) is 10.4. The van der Waals surface area contributed by atoms with Crippen LogP contribution in [0.5, 0.6) is 5.88 Å². The molecule has 11 nitrogen and oxygen atoms in total. The van der Waals surface area contributed by atoms with Gasteiger partial charge in [0.2, 0.25) is 11.8 Å². The summed E-state index contributed by atoms with van der Waals surface area (Å²) in [4.78, 5) is 36.0. The van der Waals surface area contributed by atoms with E-state index in [1.54, 1.807) is 43.6 Å². The normalized spacial score (nSPS) is 18.7. The Morgan fingerprint density at radius 3 is 2.60 bits per heavy atom. The van der Waals surface area contributed by atoms with Crippen LogP contribution in [0, 0.1) is 11.7 Å². The molecule has 1 amide bonds. The van der Waals surface area contributed by atoms with Crippen LogP contribution in [0.15, 0.2) is 54.9 Å². The standard InChI is InChI=1S/C34H34Cl2FN7O4/c1-48-33-19(15-38-17-21-6-8-27(45)42-21)5-7-25(44-33)23-10-12-39-31(29(23)36)24-3-2-4-26(28(24)35)43-32-30(37)18(9-11-40-32)16-41-22-13-20(14-22)34(46)47/h2-5,7,9-12,20-22,38,41H,6,8,13-17H2,1H3,(H,40,43)(H,42,45)(H,46,47). The van der Waals surface area contributed by atoms with Gasteiger partial charge < -0.3 is 31.1 Å². The van der Waals surface area contributed by atoms with Gasteiger partial charge in [-0.2, -0.15) is 0 Å². The number of benzene rings is 1. The van der Waals surface area contributed by atoms with Gasteiger partial charge in [0.15, 0.2) is 11.6 Å². The third-order valence-corrected chi connectivity index (χ3v) is 9.42. The second-order valence-corrected chi connectivity index (χ2v) is 12.6. The molecule has 6 rings (SSSR count). The lowest BCUT2D eigenvalue weighted by Crippen LogP contribution is -2.43. The Labute approximate surface area is 286 Å². The molecular weight excluding hydrogens is 660 g/mol. The molecule has 1 atom stereocenters. The molecule has 48 heavy (non-hydrogen) atoms. The first-order chi connectivity index (χ1) is 23.2. The van der Waals surface area contributed by atoms with Crippen LogP contribution in [0.2, 0.25) is 10.0 Å². The van der Waals surface area contributed by atoms with Gasteiger partial charge in [-0.1, -0.05) is 41.4 Å². The zero-order valence-electron chi connectivity index (χ0n) is 26.0. The Bertz CT molecular complexity index is 1840. The topological polar surface area (TPSA) is 150 Å². The number of hydrogen-bond acceptors (Lipinski definition) is 9. The van der Waals surface area contributed by atoms with E-state index in [1.807, 2.05) is 12.1 Å². The van der Waals surface area contributed by atoms with E-state index in [0.717, 1.165) is 12.0 Å². The molecule has 3 aromatic heterocycles. The highest BCUT2D eigenvalue weighted by Gasteiger charge is 2.34. The summed E-state index contributed by atoms with van der Waals surface area (Å²) in [6.45, 7) is 1.39. The van der Waals surface area contributed by atoms with E-state index >= 15 is 4.39 Å². The second kappa shape index (κ2) is 14.8. The number of halogens is 3. The summed E-state index contributed by atoms with van der Waals surface area (Å²) in [6, 6.07) is 12.5. The Morgan fingerprint density at radius 2 is 1.85 bits per heavy atom. The third-order valence-electron chi connectivity index (χ3n) is 8.63. The molecule has 1 unspecified atom stereocenters. The summed E-state index contributed by atoms with van der Waals surface area (Å²) < 4.78 is 21.1. The smallest absolute Gasteiger partial charge is 0.306 e. The van der Waals surface area contributed by atoms with Gasteiger partial charge in [-0.3, -0.25) is 14.6 Å². The molecule has 14 heteroatoms. The van der Waals surface area contributed by atoms with Gasteiger partial charge in [-0.25, -0.2) is 14.4 Å². The average molecular weight is 695 g/mol. The number of aliphatic carboxylic acids is 1. The second-order valence-electron chi connectivity index (χ2n) is 11.8. The van der Waals surface area contributed by atoms with E-state index < -0.39 is 11.8 Å². The molecule has 250 valence electrons. The van der Waals surface area contributed by atoms with Gasteiger partial charge in [0.1, 0.15) is 0 Å². The average Bonchev–Trinajstić information content (AvgIpc) is 3.47. The highest BCUT2D eigenvalue weighted by molar-refractivity contribution is 6.39. The van der Waals surface area contributed by atoms with Gasteiger partial charge in [-0.15, -0.1) is 0 Å². The van der Waals surface area contributed by atoms with Crippen molar-refractivity contribution in [3.8, 4) is 28.4 Å². The first-order valence-corrected chi connectivity index (χ1v) is 16.3. The van der Waals surface area contributed by atoms with Crippen molar-refractivity contribution >= 4 is 46.6 Å². The zero-order valence-corrected chi connectivity index (χ0v) is 27.5. The first-order valence-electron chi connectivity index (χ1n) is 15.6. The molecule has 1 aliphatic carbocycles. The van der Waals surface area contributed by atoms with Gasteiger partial charge in [-0.05, 0) is 43.5 Å². The van der Waals surface area contributed by atoms with Crippen molar-refractivity contribution < 1.29 is 23.8 Å². The fourth-order valence-corrected chi connectivity index (χ4v) is 6.43. The van der Waals surface area contributed by atoms with Gasteiger partial charge >= 0.3 is 5.97 Å². The zero-order chi connectivity index (χ0) is 33.8. The molecule has 4 heterocycles. The SMILES string of the molecule is COc1nc(-c2ccnc(-c3cccc(Nc4nccc(CNC5CC(C(=O)O)C5)c4F)c3Cl)c2Cl)ccc1CNCC1CCC(=O)N1. The Balaban J connectivity index is 1.17. The van der Waals surface area contributed by atoms with Crippen LogP contribution in [0.3, 0.4) is 0 Å². The number of aromatic nitrogens is 3. The van der Waals surface area contributed by atoms with E-state index in [1.165, 1.54) is 6.20 Å². The molecule has 0 spiro atoms. The number of ether oxygens (including phenoxy) is 1. The number of hydrogen-bond donors (Lipinski definition) is 5. The minimum Gasteiger partial charge on any atom is -0.481 e. The predicted octanol–water partition coefficient (Wildman–Crippen LogP) is 5.72. The predicted molar refractivity (Wildman–Crippen MR) is 181 cm³/mol. The van der Waals surface area contributed by atoms with E-state index in [-0.39, 0.29) is 41.3 Å². The lowest BCUT2D eigenvalue weighted by atomic mass is 9.80. The molecule has 1 saturated heterocycles. The van der Waals surface area contributed by atoms with Crippen LogP contribution in [-0.2, 0) is 22.7 Å². The number of amides is 1. The number of anilines is 2. The number of carboxylic acid groups (broad SMARTS) is 1. The van der Waals surface area contributed by atoms with E-state index in [0.29, 0.717) is 77.0 Å². The summed E-state index contributed by atoms with van der Waals surface area (Å²) in [7, 11) is 1.55. The van der Waals surface area contributed by atoms with Crippen LogP contribution in [0.1, 0.15) is 36.8 Å². The minimum atomic E-state index is -0.805. The number of carbonyl (C=O) groups is 2. The molecule has 2 aliphatic rings. The van der Waals surface area contributed by atoms with Crippen molar-refractivity contribution in [3.63, 3.8) is 0 Å². The number of pyridine rings is 3. The fourth-order valence-electron chi connectivity index (χ4n) is 5.86. The largest absolute Gasteiger partial charge is 0.481 e. The highest BCUT2D eigenvalue weighted by atomic mass is 35.5. The molecule has 4 aromatic rings. The molecule has 0 bridgehead atoms. The fraction of sp³-hybridized carbons (Fsp3) is 0.324. The van der Waals surface area contributed by atoms with Crippen molar-refractivity contribution in [1.29, 1.82) is 0 Å². The Hall–Kier alpha value is -4.36. The number of nitrogens with zero attached hydrogens (tertiary/aromatic N) is 3. The number of nitrogens with one attached hydrogen (secondary N) is 4. The van der Waals surface area contributed by atoms with Crippen LogP contribution in [0.4, 0.5) is 15.9 Å². The van der Waals surface area contributed by atoms with Crippen LogP contribution in [0.25, 0.3) is 22.5 Å². The summed E-state index contributed by atoms with van der Waals surface area (Å²) in [5.41, 5.74) is 3.80. The molecular formula is C34H34Cl2FN7O4. The van der Waals surface area contributed by atoms with E-state index in [2.05, 4.69) is 31.2 Å². The molecule has 0 radical (unpaired) electrons. The summed E-state index contributed by atoms with van der Waals surface area (Å²) in [5, 5.41) is 22.2. The monoisotopic (exact) mass is 693 g/mol. The van der Waals surface area contributed by atoms with Crippen molar-refractivity contribution in [2.75, 3.05) is 19.0 Å². The maximum Gasteiger partial charge on any atom is 0.306 e. The summed E-state index contributed by atoms with van der Waals surface area (Å²) >= 11 is 13.8. The minimum absolute atomic E-state index is 0.00273. The van der Waals surface area contributed by atoms with Crippen molar-refractivity contribution in [1.82, 2.24) is 30.9 Å². The summed E-state index contributed by atoms with van der Waals surface area (Å²) in [5.74, 6) is -1.18. The number of rotatable bonds is 13. The summed E-state index contributed by atoms with van der Waals surface area (Å²) in [6.07, 6.45) is 5.51.